The standard InChI is InChI=1S/C21H34N2O6/c1-2-3-12-22-21(27)28-14-19(24)23-13-16-15(17-10-11-18(16)29-17)8-6-4-5-7-9-20(25)26/h4,6,15-18H,2-3,5,7-14H2,1H3,(H,22,27)(H,23,24)(H,25,26)/t15-,16+,17-,18+/m1/s1. The molecule has 2 heterocycles. The number of carbonyl (C=O) groups excluding carboxylic acids is 2. The molecule has 164 valence electrons. The quantitative estimate of drug-likeness (QED) is 0.318. The maximum absolute atomic E-state index is 12.0. The first-order valence-electron chi connectivity index (χ1n) is 10.7. The maximum atomic E-state index is 12.0. The summed E-state index contributed by atoms with van der Waals surface area (Å²) in [5.74, 6) is -0.470. The number of ether oxygens (including phenoxy) is 2. The summed E-state index contributed by atoms with van der Waals surface area (Å²) in [4.78, 5) is 34.0. The lowest BCUT2D eigenvalue weighted by atomic mass is 9.77. The molecule has 2 bridgehead atoms. The van der Waals surface area contributed by atoms with Crippen LogP contribution < -0.4 is 10.6 Å². The molecule has 0 saturated carbocycles. The topological polar surface area (TPSA) is 114 Å². The fourth-order valence-electron chi connectivity index (χ4n) is 4.05. The predicted octanol–water partition coefficient (Wildman–Crippen LogP) is 2.62. The van der Waals surface area contributed by atoms with Crippen LogP contribution in [0.1, 0.15) is 58.3 Å². The van der Waals surface area contributed by atoms with E-state index in [9.17, 15) is 14.4 Å². The van der Waals surface area contributed by atoms with Crippen molar-refractivity contribution in [3.8, 4) is 0 Å². The molecule has 0 aliphatic carbocycles. The molecule has 0 unspecified atom stereocenters. The molecular formula is C21H34N2O6. The van der Waals surface area contributed by atoms with Gasteiger partial charge in [0.05, 0.1) is 12.2 Å². The lowest BCUT2D eigenvalue weighted by Crippen LogP contribution is -2.40. The first kappa shape index (κ1) is 23.2. The van der Waals surface area contributed by atoms with Crippen molar-refractivity contribution in [2.24, 2.45) is 11.8 Å². The Labute approximate surface area is 172 Å². The second-order valence-corrected chi connectivity index (χ2v) is 7.77. The van der Waals surface area contributed by atoms with Gasteiger partial charge in [0.2, 0.25) is 0 Å². The van der Waals surface area contributed by atoms with Crippen molar-refractivity contribution in [2.75, 3.05) is 19.7 Å². The Morgan fingerprint density at radius 1 is 1.10 bits per heavy atom. The van der Waals surface area contributed by atoms with Crippen LogP contribution in [0, 0.1) is 11.8 Å². The van der Waals surface area contributed by atoms with Gasteiger partial charge in [-0.25, -0.2) is 4.79 Å². The molecule has 2 fully saturated rings. The zero-order valence-corrected chi connectivity index (χ0v) is 17.2. The highest BCUT2D eigenvalue weighted by molar-refractivity contribution is 5.80. The molecule has 8 nitrogen and oxygen atoms in total. The summed E-state index contributed by atoms with van der Waals surface area (Å²) in [7, 11) is 0. The van der Waals surface area contributed by atoms with Gasteiger partial charge in [0, 0.05) is 25.4 Å². The molecule has 4 atom stereocenters. The molecule has 2 amide bonds. The Kier molecular flexibility index (Phi) is 9.97. The van der Waals surface area contributed by atoms with Gasteiger partial charge in [-0.3, -0.25) is 9.59 Å². The molecule has 2 aliphatic heterocycles. The minimum Gasteiger partial charge on any atom is -0.481 e. The predicted molar refractivity (Wildman–Crippen MR) is 107 cm³/mol. The average Bonchev–Trinajstić information content (AvgIpc) is 3.29. The molecule has 29 heavy (non-hydrogen) atoms. The largest absolute Gasteiger partial charge is 0.481 e. The number of hydrogen-bond donors (Lipinski definition) is 3. The van der Waals surface area contributed by atoms with Crippen LogP contribution in [0.25, 0.3) is 0 Å². The minimum absolute atomic E-state index is 0.170. The second-order valence-electron chi connectivity index (χ2n) is 7.77. The Morgan fingerprint density at radius 2 is 1.86 bits per heavy atom. The first-order chi connectivity index (χ1) is 14.0. The number of nitrogens with one attached hydrogen (secondary N) is 2. The van der Waals surface area contributed by atoms with Crippen LogP contribution in [0.15, 0.2) is 12.2 Å². The summed E-state index contributed by atoms with van der Waals surface area (Å²) < 4.78 is 11.0. The SMILES string of the molecule is CCCCNC(=O)OCC(=O)NC[C@H]1[C@@H](CC=CCCCC(=O)O)[C@H]2CC[C@@H]1O2. The van der Waals surface area contributed by atoms with Crippen molar-refractivity contribution in [1.82, 2.24) is 10.6 Å². The summed E-state index contributed by atoms with van der Waals surface area (Å²) in [5.41, 5.74) is 0. The lowest BCUT2D eigenvalue weighted by molar-refractivity contribution is -0.137. The number of amides is 2. The number of carboxylic acids is 1. The second kappa shape index (κ2) is 12.5. The van der Waals surface area contributed by atoms with Crippen molar-refractivity contribution in [2.45, 2.75) is 70.5 Å². The summed E-state index contributed by atoms with van der Waals surface area (Å²) in [6, 6.07) is 0. The Bertz CT molecular complexity index is 580. The van der Waals surface area contributed by atoms with Crippen LogP contribution in [0.5, 0.6) is 0 Å². The highest BCUT2D eigenvalue weighted by Crippen LogP contribution is 2.44. The first-order valence-corrected chi connectivity index (χ1v) is 10.7. The van der Waals surface area contributed by atoms with Crippen LogP contribution in [0.2, 0.25) is 0 Å². The van der Waals surface area contributed by atoms with Crippen LogP contribution in [-0.4, -0.2) is 55.0 Å². The number of carbonyl (C=O) groups is 3. The number of carboxylic acid groups (broad SMARTS) is 1. The summed E-state index contributed by atoms with van der Waals surface area (Å²) >= 11 is 0. The van der Waals surface area contributed by atoms with E-state index in [2.05, 4.69) is 16.7 Å². The van der Waals surface area contributed by atoms with Gasteiger partial charge in [-0.05, 0) is 44.4 Å². The van der Waals surface area contributed by atoms with Gasteiger partial charge in [0.1, 0.15) is 0 Å². The van der Waals surface area contributed by atoms with E-state index in [0.29, 0.717) is 25.4 Å². The molecule has 0 aromatic heterocycles. The average molecular weight is 411 g/mol. The third-order valence-corrected chi connectivity index (χ3v) is 5.60. The number of unbranched alkanes of at least 4 members (excludes halogenated alkanes) is 2. The number of alkyl carbamates (subject to hydrolysis) is 1. The Morgan fingerprint density at radius 3 is 2.59 bits per heavy atom. The summed E-state index contributed by atoms with van der Waals surface area (Å²) in [6.07, 6.45) is 10.3. The zero-order chi connectivity index (χ0) is 21.1. The van der Waals surface area contributed by atoms with E-state index in [1.54, 1.807) is 0 Å². The molecular weight excluding hydrogens is 376 g/mol. The van der Waals surface area contributed by atoms with Gasteiger partial charge in [-0.2, -0.15) is 0 Å². The Hall–Kier alpha value is -2.09. The number of aliphatic carboxylic acids is 1. The third-order valence-electron chi connectivity index (χ3n) is 5.60. The molecule has 0 aromatic carbocycles. The van der Waals surface area contributed by atoms with Crippen LogP contribution in [0.4, 0.5) is 4.79 Å². The maximum Gasteiger partial charge on any atom is 0.407 e. The summed E-state index contributed by atoms with van der Waals surface area (Å²) in [6.45, 7) is 2.80. The Balaban J connectivity index is 1.68. The van der Waals surface area contributed by atoms with E-state index in [0.717, 1.165) is 38.5 Å². The summed E-state index contributed by atoms with van der Waals surface area (Å²) in [5, 5.41) is 14.1. The van der Waals surface area contributed by atoms with Gasteiger partial charge in [-0.1, -0.05) is 25.5 Å². The molecule has 0 aromatic rings. The van der Waals surface area contributed by atoms with Crippen molar-refractivity contribution >= 4 is 18.0 Å². The fraction of sp³-hybridized carbons (Fsp3) is 0.762. The van der Waals surface area contributed by atoms with Gasteiger partial charge in [-0.15, -0.1) is 0 Å². The van der Waals surface area contributed by atoms with Crippen molar-refractivity contribution in [1.29, 1.82) is 0 Å². The van der Waals surface area contributed by atoms with Crippen LogP contribution in [-0.2, 0) is 19.1 Å². The van der Waals surface area contributed by atoms with E-state index in [-0.39, 0.29) is 37.1 Å². The van der Waals surface area contributed by atoms with E-state index in [1.807, 2.05) is 13.0 Å². The van der Waals surface area contributed by atoms with E-state index >= 15 is 0 Å². The fourth-order valence-corrected chi connectivity index (χ4v) is 4.05. The van der Waals surface area contributed by atoms with E-state index in [1.165, 1.54) is 0 Å². The van der Waals surface area contributed by atoms with Gasteiger partial charge in [0.25, 0.3) is 5.91 Å². The number of rotatable bonds is 13. The zero-order valence-electron chi connectivity index (χ0n) is 17.2. The molecule has 2 rings (SSSR count). The van der Waals surface area contributed by atoms with Crippen LogP contribution in [0.3, 0.4) is 0 Å². The highest BCUT2D eigenvalue weighted by Gasteiger charge is 2.47. The van der Waals surface area contributed by atoms with Crippen LogP contribution >= 0.6 is 0 Å². The van der Waals surface area contributed by atoms with Gasteiger partial charge >= 0.3 is 12.1 Å². The molecule has 0 spiro atoms. The van der Waals surface area contributed by atoms with Gasteiger partial charge < -0.3 is 25.2 Å². The van der Waals surface area contributed by atoms with Crippen molar-refractivity contribution < 1.29 is 29.0 Å². The smallest absolute Gasteiger partial charge is 0.407 e. The number of hydrogen-bond acceptors (Lipinski definition) is 5. The van der Waals surface area contributed by atoms with Crippen molar-refractivity contribution in [3.63, 3.8) is 0 Å². The molecule has 8 heteroatoms. The molecule has 2 saturated heterocycles. The van der Waals surface area contributed by atoms with Gasteiger partial charge in [0.15, 0.2) is 6.61 Å². The molecule has 3 N–H and O–H groups in total. The van der Waals surface area contributed by atoms with E-state index < -0.39 is 12.1 Å². The number of allylic oxidation sites excluding steroid dienone is 2. The minimum atomic E-state index is -0.766. The monoisotopic (exact) mass is 410 g/mol. The lowest BCUT2D eigenvalue weighted by Gasteiger charge is -2.27. The molecule has 0 radical (unpaired) electrons. The highest BCUT2D eigenvalue weighted by atomic mass is 16.6. The van der Waals surface area contributed by atoms with E-state index in [4.69, 9.17) is 14.6 Å². The molecule has 2 aliphatic rings. The third kappa shape index (κ3) is 8.04. The van der Waals surface area contributed by atoms with Crippen molar-refractivity contribution in [3.05, 3.63) is 12.2 Å². The number of fused-ring (bicyclic) bond motifs is 2. The normalized spacial score (nSPS) is 25.3.